The average molecular weight is 244 g/mol. The molecule has 0 spiro atoms. The molecule has 0 unspecified atom stereocenters. The Morgan fingerprint density at radius 3 is 2.29 bits per heavy atom. The molecule has 2 atom stereocenters. The second kappa shape index (κ2) is 4.69. The molecule has 94 valence electrons. The zero-order valence-electron chi connectivity index (χ0n) is 9.63. The molecule has 1 nitrogen and oxygen atoms in total. The predicted octanol–water partition coefficient (Wildman–Crippen LogP) is 4.34. The first-order valence-electron chi connectivity index (χ1n) is 5.79. The first-order chi connectivity index (χ1) is 7.97. The molecule has 17 heavy (non-hydrogen) atoms. The van der Waals surface area contributed by atoms with Crippen molar-refractivity contribution >= 4 is 0 Å². The van der Waals surface area contributed by atoms with Crippen molar-refractivity contribution in [2.24, 2.45) is 0 Å². The van der Waals surface area contributed by atoms with Crippen LogP contribution in [0.15, 0.2) is 24.3 Å². The van der Waals surface area contributed by atoms with Crippen molar-refractivity contribution < 1.29 is 17.9 Å². The summed E-state index contributed by atoms with van der Waals surface area (Å²) in [5.74, 6) is 0. The van der Waals surface area contributed by atoms with Crippen molar-refractivity contribution in [2.45, 2.75) is 44.6 Å². The Hall–Kier alpha value is -1.03. The molecule has 0 bridgehead atoms. The van der Waals surface area contributed by atoms with Gasteiger partial charge < -0.3 is 4.74 Å². The van der Waals surface area contributed by atoms with Crippen LogP contribution in [0.2, 0.25) is 0 Å². The van der Waals surface area contributed by atoms with Gasteiger partial charge in [0, 0.05) is 0 Å². The van der Waals surface area contributed by atoms with Crippen LogP contribution in [0.4, 0.5) is 13.2 Å². The molecular weight excluding hydrogens is 229 g/mol. The van der Waals surface area contributed by atoms with Gasteiger partial charge in [-0.25, -0.2) is 0 Å². The SMILES string of the molecule is C[C@H]1CCC[C@@H](c2ccc(C(F)(F)F)cc2)O1. The molecule has 1 fully saturated rings. The lowest BCUT2D eigenvalue weighted by Gasteiger charge is -2.28. The smallest absolute Gasteiger partial charge is 0.371 e. The third-order valence-electron chi connectivity index (χ3n) is 3.08. The second-order valence-electron chi connectivity index (χ2n) is 4.49. The maximum atomic E-state index is 12.4. The molecule has 0 radical (unpaired) electrons. The summed E-state index contributed by atoms with van der Waals surface area (Å²) < 4.78 is 42.9. The minimum Gasteiger partial charge on any atom is -0.371 e. The summed E-state index contributed by atoms with van der Waals surface area (Å²) in [5.41, 5.74) is 0.231. The summed E-state index contributed by atoms with van der Waals surface area (Å²) in [6, 6.07) is 5.28. The van der Waals surface area contributed by atoms with Gasteiger partial charge in [0.25, 0.3) is 0 Å². The van der Waals surface area contributed by atoms with Crippen molar-refractivity contribution in [3.63, 3.8) is 0 Å². The van der Waals surface area contributed by atoms with E-state index < -0.39 is 11.7 Å². The quantitative estimate of drug-likeness (QED) is 0.714. The highest BCUT2D eigenvalue weighted by molar-refractivity contribution is 5.26. The number of ether oxygens (including phenoxy) is 1. The fraction of sp³-hybridized carbons (Fsp3) is 0.538. The number of hydrogen-bond donors (Lipinski definition) is 0. The normalized spacial score (nSPS) is 25.9. The number of rotatable bonds is 1. The molecule has 1 aliphatic heterocycles. The van der Waals surface area contributed by atoms with Crippen molar-refractivity contribution in [1.29, 1.82) is 0 Å². The van der Waals surface area contributed by atoms with Gasteiger partial charge in [-0.1, -0.05) is 12.1 Å². The fourth-order valence-electron chi connectivity index (χ4n) is 2.14. The van der Waals surface area contributed by atoms with Crippen LogP contribution in [0.25, 0.3) is 0 Å². The molecule has 1 aromatic carbocycles. The van der Waals surface area contributed by atoms with Gasteiger partial charge >= 0.3 is 6.18 Å². The zero-order valence-corrected chi connectivity index (χ0v) is 9.63. The van der Waals surface area contributed by atoms with Crippen LogP contribution in [0.1, 0.15) is 43.4 Å². The summed E-state index contributed by atoms with van der Waals surface area (Å²) in [4.78, 5) is 0. The molecule has 0 amide bonds. The van der Waals surface area contributed by atoms with E-state index in [4.69, 9.17) is 4.74 Å². The van der Waals surface area contributed by atoms with Crippen molar-refractivity contribution in [2.75, 3.05) is 0 Å². The number of benzene rings is 1. The van der Waals surface area contributed by atoms with E-state index in [9.17, 15) is 13.2 Å². The molecular formula is C13H15F3O. The van der Waals surface area contributed by atoms with Gasteiger partial charge in [-0.15, -0.1) is 0 Å². The van der Waals surface area contributed by atoms with E-state index >= 15 is 0 Å². The fourth-order valence-corrected chi connectivity index (χ4v) is 2.14. The molecule has 0 aromatic heterocycles. The predicted molar refractivity (Wildman–Crippen MR) is 58.6 cm³/mol. The summed E-state index contributed by atoms with van der Waals surface area (Å²) in [5, 5.41) is 0. The first-order valence-corrected chi connectivity index (χ1v) is 5.79. The van der Waals surface area contributed by atoms with Crippen LogP contribution < -0.4 is 0 Å². The van der Waals surface area contributed by atoms with Crippen LogP contribution >= 0.6 is 0 Å². The van der Waals surface area contributed by atoms with Gasteiger partial charge in [0.05, 0.1) is 17.8 Å². The lowest BCUT2D eigenvalue weighted by molar-refractivity contribution is -0.137. The molecule has 0 N–H and O–H groups in total. The van der Waals surface area contributed by atoms with E-state index in [1.165, 1.54) is 12.1 Å². The van der Waals surface area contributed by atoms with E-state index in [1.54, 1.807) is 0 Å². The summed E-state index contributed by atoms with van der Waals surface area (Å²) >= 11 is 0. The maximum absolute atomic E-state index is 12.4. The molecule has 1 aliphatic rings. The average Bonchev–Trinajstić information content (AvgIpc) is 2.28. The van der Waals surface area contributed by atoms with E-state index in [1.807, 2.05) is 6.92 Å². The van der Waals surface area contributed by atoms with Gasteiger partial charge in [0.2, 0.25) is 0 Å². The van der Waals surface area contributed by atoms with E-state index in [0.717, 1.165) is 37.0 Å². The lowest BCUT2D eigenvalue weighted by Crippen LogP contribution is -2.19. The standard InChI is InChI=1S/C13H15F3O/c1-9-3-2-4-12(17-9)10-5-7-11(8-6-10)13(14,15)16/h5-9,12H,2-4H2,1H3/t9-,12-/m0/s1. The Balaban J connectivity index is 2.12. The lowest BCUT2D eigenvalue weighted by atomic mass is 9.98. The second-order valence-corrected chi connectivity index (χ2v) is 4.49. The van der Waals surface area contributed by atoms with Crippen LogP contribution in [-0.2, 0) is 10.9 Å². The van der Waals surface area contributed by atoms with Gasteiger partial charge in [-0.3, -0.25) is 0 Å². The highest BCUT2D eigenvalue weighted by atomic mass is 19.4. The minimum absolute atomic E-state index is 0.0546. The van der Waals surface area contributed by atoms with Gasteiger partial charge in [0.15, 0.2) is 0 Å². The zero-order chi connectivity index (χ0) is 12.5. The van der Waals surface area contributed by atoms with Crippen molar-refractivity contribution in [1.82, 2.24) is 0 Å². The Morgan fingerprint density at radius 2 is 1.76 bits per heavy atom. The Morgan fingerprint density at radius 1 is 1.12 bits per heavy atom. The van der Waals surface area contributed by atoms with Gasteiger partial charge in [-0.05, 0) is 43.9 Å². The molecule has 2 rings (SSSR count). The van der Waals surface area contributed by atoms with Crippen LogP contribution in [0.5, 0.6) is 0 Å². The van der Waals surface area contributed by atoms with Gasteiger partial charge in [-0.2, -0.15) is 13.2 Å². The molecule has 0 saturated carbocycles. The third-order valence-corrected chi connectivity index (χ3v) is 3.08. The largest absolute Gasteiger partial charge is 0.416 e. The summed E-state index contributed by atoms with van der Waals surface area (Å²) in [6.45, 7) is 2.00. The van der Waals surface area contributed by atoms with Crippen LogP contribution in [-0.4, -0.2) is 6.10 Å². The Kier molecular flexibility index (Phi) is 3.43. The molecule has 1 heterocycles. The monoisotopic (exact) mass is 244 g/mol. The van der Waals surface area contributed by atoms with Crippen molar-refractivity contribution in [3.8, 4) is 0 Å². The number of alkyl halides is 3. The van der Waals surface area contributed by atoms with Gasteiger partial charge in [0.1, 0.15) is 0 Å². The van der Waals surface area contributed by atoms with E-state index in [-0.39, 0.29) is 12.2 Å². The van der Waals surface area contributed by atoms with Crippen LogP contribution in [0.3, 0.4) is 0 Å². The van der Waals surface area contributed by atoms with Crippen LogP contribution in [0, 0.1) is 0 Å². The number of halogens is 3. The summed E-state index contributed by atoms with van der Waals surface area (Å²) in [7, 11) is 0. The molecule has 0 aliphatic carbocycles. The Labute approximate surface area is 98.6 Å². The van der Waals surface area contributed by atoms with Crippen molar-refractivity contribution in [3.05, 3.63) is 35.4 Å². The Bertz CT molecular complexity index is 369. The molecule has 1 aromatic rings. The van der Waals surface area contributed by atoms with E-state index in [0.29, 0.717) is 0 Å². The first kappa shape index (κ1) is 12.4. The minimum atomic E-state index is -4.26. The third kappa shape index (κ3) is 3.00. The topological polar surface area (TPSA) is 9.23 Å². The highest BCUT2D eigenvalue weighted by Crippen LogP contribution is 2.34. The van der Waals surface area contributed by atoms with E-state index in [2.05, 4.69) is 0 Å². The maximum Gasteiger partial charge on any atom is 0.416 e. The number of hydrogen-bond acceptors (Lipinski definition) is 1. The molecule has 4 heteroatoms. The highest BCUT2D eigenvalue weighted by Gasteiger charge is 2.30. The molecule has 1 saturated heterocycles. The summed E-state index contributed by atoms with van der Waals surface area (Å²) in [6.07, 6.45) is -1.16.